The lowest BCUT2D eigenvalue weighted by Crippen LogP contribution is -2.20. The number of carbonyl (C=O) groups is 1. The number of aromatic amines is 1. The number of aliphatic hydroxyl groups is 2. The van der Waals surface area contributed by atoms with Gasteiger partial charge in [-0.25, -0.2) is 9.97 Å². The van der Waals surface area contributed by atoms with E-state index in [0.29, 0.717) is 22.4 Å². The summed E-state index contributed by atoms with van der Waals surface area (Å²) in [4.78, 5) is 25.1. The number of rotatable bonds is 5. The molecule has 7 nitrogen and oxygen atoms in total. The number of benzene rings is 1. The molecule has 7 heteroatoms. The molecule has 3 aromatic heterocycles. The third kappa shape index (κ3) is 3.22. The van der Waals surface area contributed by atoms with E-state index < -0.39 is 11.5 Å². The summed E-state index contributed by atoms with van der Waals surface area (Å²) in [6.07, 6.45) is 5.21. The van der Waals surface area contributed by atoms with Crippen molar-refractivity contribution < 1.29 is 15.0 Å². The van der Waals surface area contributed by atoms with Gasteiger partial charge in [0.25, 0.3) is 0 Å². The van der Waals surface area contributed by atoms with Crippen LogP contribution in [0.3, 0.4) is 0 Å². The van der Waals surface area contributed by atoms with Gasteiger partial charge in [0.1, 0.15) is 5.52 Å². The lowest BCUT2D eigenvalue weighted by molar-refractivity contribution is 0.0860. The van der Waals surface area contributed by atoms with E-state index in [0.717, 1.165) is 16.5 Å². The minimum atomic E-state index is -0.529. The molecule has 0 fully saturated rings. The van der Waals surface area contributed by atoms with Gasteiger partial charge < -0.3 is 19.8 Å². The van der Waals surface area contributed by atoms with E-state index in [1.54, 1.807) is 12.4 Å². The van der Waals surface area contributed by atoms with Crippen molar-refractivity contribution in [2.75, 3.05) is 13.2 Å². The van der Waals surface area contributed by atoms with Crippen LogP contribution >= 0.6 is 0 Å². The van der Waals surface area contributed by atoms with Gasteiger partial charge in [-0.2, -0.15) is 0 Å². The fourth-order valence-electron chi connectivity index (χ4n) is 3.54. The van der Waals surface area contributed by atoms with Crippen molar-refractivity contribution in [3.8, 4) is 11.3 Å². The molecule has 3 heterocycles. The second kappa shape index (κ2) is 7.09. The van der Waals surface area contributed by atoms with Crippen LogP contribution in [0.2, 0.25) is 0 Å². The van der Waals surface area contributed by atoms with Crippen LogP contribution in [0.1, 0.15) is 37.2 Å². The Bertz CT molecular complexity index is 1200. The van der Waals surface area contributed by atoms with E-state index in [-0.39, 0.29) is 19.0 Å². The van der Waals surface area contributed by atoms with E-state index in [9.17, 15) is 15.0 Å². The second-order valence-corrected chi connectivity index (χ2v) is 8.22. The highest BCUT2D eigenvalue weighted by Gasteiger charge is 2.27. The normalized spacial score (nSPS) is 12.3. The fourth-order valence-corrected chi connectivity index (χ4v) is 3.54. The van der Waals surface area contributed by atoms with Crippen LogP contribution in [0, 0.1) is 5.41 Å². The Morgan fingerprint density at radius 1 is 1.21 bits per heavy atom. The van der Waals surface area contributed by atoms with Crippen LogP contribution in [0.4, 0.5) is 0 Å². The summed E-state index contributed by atoms with van der Waals surface area (Å²) in [6.45, 7) is 5.28. The summed E-state index contributed by atoms with van der Waals surface area (Å²) >= 11 is 0. The molecule has 0 saturated heterocycles. The molecule has 3 N–H and O–H groups in total. The topological polar surface area (TPSA) is 104 Å². The number of fused-ring (bicyclic) bond motifs is 2. The quantitative estimate of drug-likeness (QED) is 0.452. The van der Waals surface area contributed by atoms with Gasteiger partial charge in [0, 0.05) is 34.3 Å². The average Bonchev–Trinajstić information content (AvgIpc) is 3.29. The molecule has 0 spiro atoms. The first kappa shape index (κ1) is 19.3. The Hall–Kier alpha value is -3.03. The molecular formula is C22H24N4O3. The number of ketones is 1. The molecule has 0 unspecified atom stereocenters. The standard InChI is InChI=1S/C22H24N4O3/c1-22(2,3)20(29)15-8-23-21-19(15)25-17(9-24-21)16-10-26(13(11-27)12-28)18-7-5-4-6-14(16)18/h4-10,13,27-28H,11-12H2,1-3H3,(H,23,24). The van der Waals surface area contributed by atoms with Gasteiger partial charge in [0.15, 0.2) is 11.4 Å². The molecule has 0 aliphatic rings. The van der Waals surface area contributed by atoms with Crippen LogP contribution in [-0.4, -0.2) is 48.7 Å². The van der Waals surface area contributed by atoms with Gasteiger partial charge in [-0.05, 0) is 6.07 Å². The van der Waals surface area contributed by atoms with Gasteiger partial charge in [-0.1, -0.05) is 39.0 Å². The van der Waals surface area contributed by atoms with Crippen molar-refractivity contribution in [1.29, 1.82) is 0 Å². The fraction of sp³-hybridized carbons (Fsp3) is 0.318. The molecule has 0 aliphatic heterocycles. The highest BCUT2D eigenvalue weighted by atomic mass is 16.3. The molecule has 0 aliphatic carbocycles. The van der Waals surface area contributed by atoms with E-state index in [1.807, 2.05) is 55.8 Å². The van der Waals surface area contributed by atoms with Crippen LogP contribution in [0.5, 0.6) is 0 Å². The number of nitrogens with one attached hydrogen (secondary N) is 1. The summed E-state index contributed by atoms with van der Waals surface area (Å²) in [7, 11) is 0. The molecule has 4 rings (SSSR count). The number of aliphatic hydroxyl groups excluding tert-OH is 2. The summed E-state index contributed by atoms with van der Waals surface area (Å²) < 4.78 is 1.86. The van der Waals surface area contributed by atoms with Gasteiger partial charge in [-0.3, -0.25) is 4.79 Å². The van der Waals surface area contributed by atoms with Crippen LogP contribution in [-0.2, 0) is 0 Å². The molecule has 0 radical (unpaired) electrons. The van der Waals surface area contributed by atoms with Gasteiger partial charge in [0.05, 0.1) is 36.7 Å². The average molecular weight is 392 g/mol. The summed E-state index contributed by atoms with van der Waals surface area (Å²) in [5, 5.41) is 20.2. The number of aromatic nitrogens is 4. The van der Waals surface area contributed by atoms with E-state index in [2.05, 4.69) is 9.97 Å². The molecule has 0 bridgehead atoms. The number of para-hydroxylation sites is 1. The monoisotopic (exact) mass is 392 g/mol. The van der Waals surface area contributed by atoms with Crippen LogP contribution in [0.25, 0.3) is 33.3 Å². The highest BCUT2D eigenvalue weighted by molar-refractivity contribution is 6.08. The minimum Gasteiger partial charge on any atom is -0.394 e. The summed E-state index contributed by atoms with van der Waals surface area (Å²) in [6, 6.07) is 7.30. The Morgan fingerprint density at radius 2 is 1.93 bits per heavy atom. The Labute approximate surface area is 168 Å². The first-order valence-electron chi connectivity index (χ1n) is 9.55. The van der Waals surface area contributed by atoms with Gasteiger partial charge in [-0.15, -0.1) is 0 Å². The van der Waals surface area contributed by atoms with E-state index >= 15 is 0 Å². The van der Waals surface area contributed by atoms with Crippen molar-refractivity contribution in [2.45, 2.75) is 26.8 Å². The van der Waals surface area contributed by atoms with Crippen molar-refractivity contribution in [3.63, 3.8) is 0 Å². The maximum Gasteiger partial charge on any atom is 0.171 e. The largest absolute Gasteiger partial charge is 0.394 e. The maximum absolute atomic E-state index is 12.8. The number of carbonyl (C=O) groups excluding carboxylic acids is 1. The zero-order valence-corrected chi connectivity index (χ0v) is 16.7. The lowest BCUT2D eigenvalue weighted by Gasteiger charge is -2.15. The first-order valence-corrected chi connectivity index (χ1v) is 9.55. The minimum absolute atomic E-state index is 0.00162. The number of Topliss-reactive ketones (excluding diaryl/α,β-unsaturated/α-hetero) is 1. The Morgan fingerprint density at radius 3 is 2.62 bits per heavy atom. The summed E-state index contributed by atoms with van der Waals surface area (Å²) in [5.74, 6) is -0.00162. The molecule has 0 amide bonds. The van der Waals surface area contributed by atoms with Gasteiger partial charge in [0.2, 0.25) is 0 Å². The number of H-pyrrole nitrogens is 1. The Kier molecular flexibility index (Phi) is 4.72. The number of hydrogen-bond donors (Lipinski definition) is 3. The van der Waals surface area contributed by atoms with Gasteiger partial charge >= 0.3 is 0 Å². The third-order valence-electron chi connectivity index (χ3n) is 5.14. The van der Waals surface area contributed by atoms with Crippen LogP contribution < -0.4 is 0 Å². The highest BCUT2D eigenvalue weighted by Crippen LogP contribution is 2.33. The molecule has 29 heavy (non-hydrogen) atoms. The molecule has 0 atom stereocenters. The zero-order valence-electron chi connectivity index (χ0n) is 16.7. The maximum atomic E-state index is 12.8. The van der Waals surface area contributed by atoms with Crippen molar-refractivity contribution in [1.82, 2.24) is 19.5 Å². The molecule has 4 aromatic rings. The Balaban J connectivity index is 1.91. The van der Waals surface area contributed by atoms with Crippen molar-refractivity contribution in [2.24, 2.45) is 5.41 Å². The SMILES string of the molecule is CC(C)(C)C(=O)c1c[nH]c2ncc(-c3cn(C(CO)CO)c4ccccc34)nc12. The smallest absolute Gasteiger partial charge is 0.171 e. The number of hydrogen-bond acceptors (Lipinski definition) is 5. The second-order valence-electron chi connectivity index (χ2n) is 8.22. The first-order chi connectivity index (χ1) is 13.8. The lowest BCUT2D eigenvalue weighted by atomic mass is 9.87. The van der Waals surface area contributed by atoms with E-state index in [4.69, 9.17) is 4.98 Å². The van der Waals surface area contributed by atoms with Crippen molar-refractivity contribution in [3.05, 3.63) is 48.4 Å². The number of nitrogens with zero attached hydrogens (tertiary/aromatic N) is 3. The predicted molar refractivity (Wildman–Crippen MR) is 112 cm³/mol. The van der Waals surface area contributed by atoms with Crippen LogP contribution in [0.15, 0.2) is 42.9 Å². The third-order valence-corrected chi connectivity index (χ3v) is 5.14. The molecule has 150 valence electrons. The van der Waals surface area contributed by atoms with E-state index in [1.165, 1.54) is 0 Å². The zero-order chi connectivity index (χ0) is 20.8. The van der Waals surface area contributed by atoms with Crippen molar-refractivity contribution >= 4 is 27.9 Å². The molecular weight excluding hydrogens is 368 g/mol. The molecule has 0 saturated carbocycles. The predicted octanol–water partition coefficient (Wildman–Crippen LogP) is 3.33. The summed E-state index contributed by atoms with van der Waals surface area (Å²) in [5.41, 5.74) is 3.45. The molecule has 1 aromatic carbocycles.